The summed E-state index contributed by atoms with van der Waals surface area (Å²) in [6.45, 7) is -0.00121. The fourth-order valence-corrected chi connectivity index (χ4v) is 4.40. The highest BCUT2D eigenvalue weighted by molar-refractivity contribution is 5.90. The van der Waals surface area contributed by atoms with E-state index in [0.29, 0.717) is 17.2 Å². The molecule has 3 aromatic carbocycles. The van der Waals surface area contributed by atoms with Gasteiger partial charge in [0.2, 0.25) is 5.91 Å². The molecular weight excluding hydrogens is 517 g/mol. The number of halogens is 3. The molecule has 0 aliphatic carbocycles. The molecule has 0 fully saturated rings. The van der Waals surface area contributed by atoms with Gasteiger partial charge in [-0.05, 0) is 59.7 Å². The maximum absolute atomic E-state index is 13.0. The number of benzene rings is 3. The number of para-hydroxylation sites is 1. The van der Waals surface area contributed by atoms with Crippen molar-refractivity contribution in [1.29, 1.82) is 0 Å². The normalized spacial score (nSPS) is 11.4. The minimum atomic E-state index is -4.43. The first-order valence-corrected chi connectivity index (χ1v) is 12.6. The van der Waals surface area contributed by atoms with Crippen LogP contribution in [0.15, 0.2) is 91.1 Å². The van der Waals surface area contributed by atoms with Gasteiger partial charge in [0.1, 0.15) is 0 Å². The van der Waals surface area contributed by atoms with E-state index in [1.165, 1.54) is 6.07 Å². The van der Waals surface area contributed by atoms with E-state index in [2.05, 4.69) is 20.8 Å². The number of fused-ring (bicyclic) bond motifs is 1. The van der Waals surface area contributed by atoms with Crippen LogP contribution in [0.3, 0.4) is 0 Å². The molecule has 10 heteroatoms. The maximum Gasteiger partial charge on any atom is 0.416 e. The highest BCUT2D eigenvalue weighted by atomic mass is 19.4. The Morgan fingerprint density at radius 3 is 2.48 bits per heavy atom. The number of amides is 1. The van der Waals surface area contributed by atoms with Gasteiger partial charge in [0, 0.05) is 43.6 Å². The lowest BCUT2D eigenvalue weighted by atomic mass is 10.1. The van der Waals surface area contributed by atoms with Crippen LogP contribution in [0, 0.1) is 0 Å². The predicted molar refractivity (Wildman–Crippen MR) is 150 cm³/mol. The summed E-state index contributed by atoms with van der Waals surface area (Å²) in [5.41, 5.74) is 3.20. The van der Waals surface area contributed by atoms with Gasteiger partial charge < -0.3 is 15.5 Å². The van der Waals surface area contributed by atoms with Crippen molar-refractivity contribution >= 4 is 34.0 Å². The molecule has 0 unspecified atom stereocenters. The fraction of sp³-hybridized carbons (Fsp3) is 0.167. The van der Waals surface area contributed by atoms with Crippen LogP contribution in [-0.4, -0.2) is 34.8 Å². The molecule has 5 aromatic rings. The van der Waals surface area contributed by atoms with Crippen molar-refractivity contribution in [1.82, 2.24) is 20.1 Å². The number of alkyl halides is 3. The molecule has 0 aliphatic heterocycles. The van der Waals surface area contributed by atoms with Crippen LogP contribution in [0.5, 0.6) is 0 Å². The van der Waals surface area contributed by atoms with Gasteiger partial charge in [-0.3, -0.25) is 9.36 Å². The van der Waals surface area contributed by atoms with Crippen molar-refractivity contribution in [3.63, 3.8) is 0 Å². The molecule has 40 heavy (non-hydrogen) atoms. The summed E-state index contributed by atoms with van der Waals surface area (Å²) in [7, 11) is 3.95. The second-order valence-electron chi connectivity index (χ2n) is 9.54. The molecule has 0 aliphatic rings. The minimum absolute atomic E-state index is 0.00121. The third-order valence-electron chi connectivity index (χ3n) is 6.42. The second-order valence-corrected chi connectivity index (χ2v) is 9.54. The van der Waals surface area contributed by atoms with Crippen molar-refractivity contribution in [2.24, 2.45) is 0 Å². The summed E-state index contributed by atoms with van der Waals surface area (Å²) >= 11 is 0. The molecule has 1 amide bonds. The maximum atomic E-state index is 13.0. The summed E-state index contributed by atoms with van der Waals surface area (Å²) in [5, 5.41) is 15.6. The Balaban J connectivity index is 1.31. The average molecular weight is 545 g/mol. The van der Waals surface area contributed by atoms with Crippen LogP contribution < -0.4 is 15.5 Å². The molecule has 0 radical (unpaired) electrons. The highest BCUT2D eigenvalue weighted by Crippen LogP contribution is 2.30. The smallest absolute Gasteiger partial charge is 0.378 e. The predicted octanol–water partition coefficient (Wildman–Crippen LogP) is 6.11. The Labute approximate surface area is 229 Å². The first-order valence-electron chi connectivity index (χ1n) is 12.6. The average Bonchev–Trinajstić information content (AvgIpc) is 3.30. The van der Waals surface area contributed by atoms with Gasteiger partial charge in [-0.25, -0.2) is 0 Å². The fourth-order valence-electron chi connectivity index (χ4n) is 4.40. The molecule has 204 valence electrons. The first kappa shape index (κ1) is 26.7. The number of carbonyl (C=O) groups excluding carboxylic acids is 1. The minimum Gasteiger partial charge on any atom is -0.378 e. The molecule has 2 heterocycles. The Hall–Kier alpha value is -4.86. The van der Waals surface area contributed by atoms with Crippen LogP contribution in [0.1, 0.15) is 16.7 Å². The van der Waals surface area contributed by atoms with E-state index in [9.17, 15) is 18.0 Å². The van der Waals surface area contributed by atoms with E-state index in [-0.39, 0.29) is 18.9 Å². The summed E-state index contributed by atoms with van der Waals surface area (Å²) in [6, 6.07) is 24.2. The van der Waals surface area contributed by atoms with Crippen molar-refractivity contribution in [3.8, 4) is 5.82 Å². The van der Waals surface area contributed by atoms with Crippen molar-refractivity contribution in [3.05, 3.63) is 108 Å². The standard InChI is InChI=1S/C30H27F3N6O/c1-38(2)24-10-6-9-23(17-24)35-27-13-14-28(37-36-27)39-19-21(25-11-3-4-12-26(25)39)16-29(40)34-18-20-7-5-8-22(15-20)30(31,32)33/h3-15,17,19H,16,18H2,1-2H3,(H,34,40)(H,35,36). The summed E-state index contributed by atoms with van der Waals surface area (Å²) in [5.74, 6) is 0.871. The number of carbonyl (C=O) groups is 1. The molecule has 7 nitrogen and oxygen atoms in total. The molecule has 0 saturated heterocycles. The number of nitrogens with one attached hydrogen (secondary N) is 2. The monoisotopic (exact) mass is 544 g/mol. The number of nitrogens with zero attached hydrogens (tertiary/aromatic N) is 4. The van der Waals surface area contributed by atoms with Gasteiger partial charge in [0.15, 0.2) is 11.6 Å². The number of aromatic nitrogens is 3. The van der Waals surface area contributed by atoms with Gasteiger partial charge in [-0.2, -0.15) is 13.2 Å². The molecular formula is C30H27F3N6O. The van der Waals surface area contributed by atoms with E-state index in [4.69, 9.17) is 0 Å². The van der Waals surface area contributed by atoms with Crippen molar-refractivity contribution < 1.29 is 18.0 Å². The number of hydrogen-bond acceptors (Lipinski definition) is 5. The van der Waals surface area contributed by atoms with E-state index in [1.807, 2.05) is 90.4 Å². The zero-order valence-corrected chi connectivity index (χ0v) is 21.9. The van der Waals surface area contributed by atoms with Crippen molar-refractivity contribution in [2.45, 2.75) is 19.1 Å². The summed E-state index contributed by atoms with van der Waals surface area (Å²) in [6.07, 6.45) is -2.54. The topological polar surface area (TPSA) is 75.1 Å². The Kier molecular flexibility index (Phi) is 7.41. The molecule has 0 saturated carbocycles. The lowest BCUT2D eigenvalue weighted by Crippen LogP contribution is -2.24. The van der Waals surface area contributed by atoms with E-state index in [0.717, 1.165) is 40.0 Å². The van der Waals surface area contributed by atoms with Crippen LogP contribution in [0.4, 0.5) is 30.4 Å². The van der Waals surface area contributed by atoms with Crippen LogP contribution in [-0.2, 0) is 23.9 Å². The quantitative estimate of drug-likeness (QED) is 0.247. The number of anilines is 3. The zero-order valence-electron chi connectivity index (χ0n) is 21.9. The van der Waals surface area contributed by atoms with Crippen LogP contribution in [0.25, 0.3) is 16.7 Å². The summed E-state index contributed by atoms with van der Waals surface area (Å²) in [4.78, 5) is 14.8. The Morgan fingerprint density at radius 1 is 0.925 bits per heavy atom. The number of hydrogen-bond donors (Lipinski definition) is 2. The van der Waals surface area contributed by atoms with E-state index in [1.54, 1.807) is 6.07 Å². The lowest BCUT2D eigenvalue weighted by Gasteiger charge is -2.14. The van der Waals surface area contributed by atoms with Crippen LogP contribution >= 0.6 is 0 Å². The molecule has 0 spiro atoms. The Morgan fingerprint density at radius 2 is 1.73 bits per heavy atom. The first-order chi connectivity index (χ1) is 19.2. The highest BCUT2D eigenvalue weighted by Gasteiger charge is 2.30. The number of rotatable bonds is 8. The third-order valence-corrected chi connectivity index (χ3v) is 6.42. The van der Waals surface area contributed by atoms with Gasteiger partial charge in [0.25, 0.3) is 0 Å². The van der Waals surface area contributed by atoms with Crippen molar-refractivity contribution in [2.75, 3.05) is 24.3 Å². The van der Waals surface area contributed by atoms with Gasteiger partial charge in [-0.15, -0.1) is 10.2 Å². The van der Waals surface area contributed by atoms with Crippen LogP contribution in [0.2, 0.25) is 0 Å². The third kappa shape index (κ3) is 6.06. The largest absolute Gasteiger partial charge is 0.416 e. The van der Waals surface area contributed by atoms with Gasteiger partial charge >= 0.3 is 6.18 Å². The van der Waals surface area contributed by atoms with E-state index >= 15 is 0 Å². The zero-order chi connectivity index (χ0) is 28.3. The molecule has 0 bridgehead atoms. The molecule has 5 rings (SSSR count). The lowest BCUT2D eigenvalue weighted by molar-refractivity contribution is -0.137. The van der Waals surface area contributed by atoms with E-state index < -0.39 is 11.7 Å². The summed E-state index contributed by atoms with van der Waals surface area (Å²) < 4.78 is 40.9. The second kappa shape index (κ2) is 11.1. The Bertz CT molecular complexity index is 1640. The van der Waals surface area contributed by atoms with Gasteiger partial charge in [0.05, 0.1) is 17.5 Å². The SMILES string of the molecule is CN(C)c1cccc(Nc2ccc(-n3cc(CC(=O)NCc4cccc(C(F)(F)F)c4)c4ccccc43)nn2)c1. The molecule has 0 atom stereocenters. The molecule has 2 aromatic heterocycles. The van der Waals surface area contributed by atoms with Gasteiger partial charge in [-0.1, -0.05) is 36.4 Å². The molecule has 2 N–H and O–H groups in total.